The van der Waals surface area contributed by atoms with Gasteiger partial charge in [0.15, 0.2) is 5.82 Å². The molecule has 0 unspecified atom stereocenters. The summed E-state index contributed by atoms with van der Waals surface area (Å²) in [7, 11) is -1.20. The molecule has 220 valence electrons. The number of hydrogen-bond acceptors (Lipinski definition) is 8. The van der Waals surface area contributed by atoms with Gasteiger partial charge in [-0.05, 0) is 59.1 Å². The van der Waals surface area contributed by atoms with Gasteiger partial charge in [0, 0.05) is 49.8 Å². The third kappa shape index (κ3) is 8.23. The SMILES string of the molecule is C[Si](C)(C)CCOCn1nnnc1-c1cncc(-c2cc(OC(=O)NC3CCCC3)ccc2OCc2ccccc2)c1. The number of carbonyl (C=O) groups excluding carboxylic acids is 1. The Kier molecular flexibility index (Phi) is 9.60. The lowest BCUT2D eigenvalue weighted by Crippen LogP contribution is -2.34. The summed E-state index contributed by atoms with van der Waals surface area (Å²) in [6.07, 6.45) is 7.22. The van der Waals surface area contributed by atoms with Gasteiger partial charge in [0.1, 0.15) is 24.8 Å². The molecule has 42 heavy (non-hydrogen) atoms. The number of tetrazole rings is 1. The third-order valence-electron chi connectivity index (χ3n) is 7.13. The van der Waals surface area contributed by atoms with Crippen molar-refractivity contribution in [3.63, 3.8) is 0 Å². The highest BCUT2D eigenvalue weighted by atomic mass is 28.3. The third-order valence-corrected chi connectivity index (χ3v) is 8.83. The molecule has 0 atom stereocenters. The molecule has 11 heteroatoms. The molecule has 1 amide bonds. The van der Waals surface area contributed by atoms with Gasteiger partial charge in [0.25, 0.3) is 0 Å². The fourth-order valence-electron chi connectivity index (χ4n) is 4.77. The molecule has 0 saturated heterocycles. The van der Waals surface area contributed by atoms with E-state index in [-0.39, 0.29) is 12.8 Å². The molecule has 1 aliphatic carbocycles. The van der Waals surface area contributed by atoms with Crippen molar-refractivity contribution in [3.8, 4) is 34.0 Å². The molecule has 1 fully saturated rings. The minimum Gasteiger partial charge on any atom is -0.488 e. The number of hydrogen-bond donors (Lipinski definition) is 1. The number of benzene rings is 2. The Bertz CT molecular complexity index is 1470. The van der Waals surface area contributed by atoms with E-state index in [9.17, 15) is 4.79 Å². The van der Waals surface area contributed by atoms with Crippen LogP contribution in [0.15, 0.2) is 67.0 Å². The molecule has 10 nitrogen and oxygen atoms in total. The lowest BCUT2D eigenvalue weighted by molar-refractivity contribution is 0.0784. The minimum atomic E-state index is -1.20. The fourth-order valence-corrected chi connectivity index (χ4v) is 5.53. The summed E-state index contributed by atoms with van der Waals surface area (Å²) in [5.41, 5.74) is 3.27. The number of pyridine rings is 1. The molecular weight excluding hydrogens is 548 g/mol. The van der Waals surface area contributed by atoms with Crippen LogP contribution in [0, 0.1) is 0 Å². The highest BCUT2D eigenvalue weighted by molar-refractivity contribution is 6.76. The molecule has 2 heterocycles. The predicted molar refractivity (Wildman–Crippen MR) is 163 cm³/mol. The van der Waals surface area contributed by atoms with Crippen molar-refractivity contribution in [2.45, 2.75) is 70.7 Å². The quantitative estimate of drug-likeness (QED) is 0.151. The van der Waals surface area contributed by atoms with Gasteiger partial charge in [-0.3, -0.25) is 4.98 Å². The topological polar surface area (TPSA) is 113 Å². The van der Waals surface area contributed by atoms with Crippen molar-refractivity contribution in [1.82, 2.24) is 30.5 Å². The van der Waals surface area contributed by atoms with Gasteiger partial charge in [0.2, 0.25) is 0 Å². The molecule has 5 rings (SSSR count). The molecule has 0 spiro atoms. The molecule has 0 radical (unpaired) electrons. The first-order valence-corrected chi connectivity index (χ1v) is 18.1. The standard InChI is InChI=1S/C31H38N6O4Si/c1-42(2,3)16-15-39-22-37-30(34-35-36-37)25-17-24(19-32-20-25)28-18-27(41-31(38)33-26-11-7-8-12-26)13-14-29(28)40-21-23-9-5-4-6-10-23/h4-6,9-10,13-14,17-20,26H,7-8,11-12,15-16,21-22H2,1-3H3,(H,33,38). The average molecular weight is 587 g/mol. The van der Waals surface area contributed by atoms with E-state index in [0.29, 0.717) is 30.5 Å². The monoisotopic (exact) mass is 586 g/mol. The molecule has 0 bridgehead atoms. The molecule has 4 aromatic rings. The van der Waals surface area contributed by atoms with Gasteiger partial charge in [0.05, 0.1) is 0 Å². The molecule has 1 saturated carbocycles. The van der Waals surface area contributed by atoms with Gasteiger partial charge in [-0.25, -0.2) is 4.79 Å². The summed E-state index contributed by atoms with van der Waals surface area (Å²) in [4.78, 5) is 17.1. The number of ether oxygens (including phenoxy) is 3. The van der Waals surface area contributed by atoms with Crippen LogP contribution in [0.25, 0.3) is 22.5 Å². The summed E-state index contributed by atoms with van der Waals surface area (Å²) in [6.45, 7) is 8.25. The zero-order valence-electron chi connectivity index (χ0n) is 24.5. The van der Waals surface area contributed by atoms with E-state index in [2.05, 4.69) is 45.5 Å². The first-order chi connectivity index (χ1) is 20.3. The maximum absolute atomic E-state index is 12.6. The smallest absolute Gasteiger partial charge is 0.412 e. The van der Waals surface area contributed by atoms with Crippen LogP contribution >= 0.6 is 0 Å². The van der Waals surface area contributed by atoms with Crippen molar-refractivity contribution in [3.05, 3.63) is 72.6 Å². The van der Waals surface area contributed by atoms with Crippen LogP contribution in [-0.4, -0.2) is 52.0 Å². The van der Waals surface area contributed by atoms with E-state index in [4.69, 9.17) is 14.2 Å². The van der Waals surface area contributed by atoms with Gasteiger partial charge in [-0.1, -0.05) is 62.8 Å². The second kappa shape index (κ2) is 13.7. The van der Waals surface area contributed by atoms with E-state index >= 15 is 0 Å². The molecule has 1 aliphatic rings. The van der Waals surface area contributed by atoms with Crippen molar-refractivity contribution in [2.75, 3.05) is 6.61 Å². The Morgan fingerprint density at radius 1 is 1.02 bits per heavy atom. The number of carbonyl (C=O) groups is 1. The Labute approximate surface area is 247 Å². The van der Waals surface area contributed by atoms with Crippen LogP contribution in [0.4, 0.5) is 4.79 Å². The zero-order chi connectivity index (χ0) is 29.4. The van der Waals surface area contributed by atoms with Crippen LogP contribution in [0.2, 0.25) is 25.7 Å². The largest absolute Gasteiger partial charge is 0.488 e. The van der Waals surface area contributed by atoms with Crippen LogP contribution in [0.5, 0.6) is 11.5 Å². The number of nitrogens with zero attached hydrogens (tertiary/aromatic N) is 5. The van der Waals surface area contributed by atoms with Crippen LogP contribution in [0.3, 0.4) is 0 Å². The Hall–Kier alpha value is -4.09. The summed E-state index contributed by atoms with van der Waals surface area (Å²) in [5, 5.41) is 15.2. The molecule has 1 N–H and O–H groups in total. The normalized spacial score (nSPS) is 13.7. The molecular formula is C31H38N6O4Si. The Morgan fingerprint density at radius 3 is 2.60 bits per heavy atom. The molecule has 2 aromatic heterocycles. The van der Waals surface area contributed by atoms with Gasteiger partial charge in [-0.2, -0.15) is 4.68 Å². The highest BCUT2D eigenvalue weighted by Crippen LogP contribution is 2.35. The lowest BCUT2D eigenvalue weighted by Gasteiger charge is -2.16. The average Bonchev–Trinajstić information content (AvgIpc) is 3.67. The Morgan fingerprint density at radius 2 is 1.81 bits per heavy atom. The van der Waals surface area contributed by atoms with Crippen LogP contribution in [0.1, 0.15) is 31.2 Å². The number of aromatic nitrogens is 5. The second-order valence-corrected chi connectivity index (χ2v) is 17.4. The predicted octanol–water partition coefficient (Wildman–Crippen LogP) is 6.32. The first kappa shape index (κ1) is 29.4. The van der Waals surface area contributed by atoms with Crippen molar-refractivity contribution in [1.29, 1.82) is 0 Å². The fraction of sp³-hybridized carbons (Fsp3) is 0.387. The highest BCUT2D eigenvalue weighted by Gasteiger charge is 2.20. The summed E-state index contributed by atoms with van der Waals surface area (Å²) >= 11 is 0. The number of rotatable bonds is 12. The summed E-state index contributed by atoms with van der Waals surface area (Å²) in [5.74, 6) is 1.60. The number of nitrogens with one attached hydrogen (secondary N) is 1. The zero-order valence-corrected chi connectivity index (χ0v) is 25.5. The van der Waals surface area contributed by atoms with Crippen molar-refractivity contribution < 1.29 is 19.0 Å². The van der Waals surface area contributed by atoms with E-state index in [1.165, 1.54) is 0 Å². The van der Waals surface area contributed by atoms with E-state index in [0.717, 1.165) is 54.0 Å². The molecule has 0 aliphatic heterocycles. The second-order valence-electron chi connectivity index (χ2n) is 11.8. The van der Waals surface area contributed by atoms with Crippen molar-refractivity contribution in [2.24, 2.45) is 0 Å². The maximum Gasteiger partial charge on any atom is 0.412 e. The first-order valence-electron chi connectivity index (χ1n) is 14.4. The summed E-state index contributed by atoms with van der Waals surface area (Å²) in [6, 6.07) is 18.5. The number of amides is 1. The van der Waals surface area contributed by atoms with Gasteiger partial charge in [-0.15, -0.1) is 5.10 Å². The summed E-state index contributed by atoms with van der Waals surface area (Å²) < 4.78 is 19.4. The van der Waals surface area contributed by atoms with E-state index in [1.54, 1.807) is 29.2 Å². The minimum absolute atomic E-state index is 0.164. The van der Waals surface area contributed by atoms with Crippen molar-refractivity contribution >= 4 is 14.2 Å². The van der Waals surface area contributed by atoms with E-state index in [1.807, 2.05) is 42.5 Å². The van der Waals surface area contributed by atoms with Gasteiger partial charge < -0.3 is 19.5 Å². The molecule has 2 aromatic carbocycles. The lowest BCUT2D eigenvalue weighted by atomic mass is 10.0. The van der Waals surface area contributed by atoms with Crippen LogP contribution in [-0.2, 0) is 18.1 Å². The maximum atomic E-state index is 12.6. The Balaban J connectivity index is 1.38. The van der Waals surface area contributed by atoms with Crippen LogP contribution < -0.4 is 14.8 Å². The van der Waals surface area contributed by atoms with E-state index < -0.39 is 14.2 Å². The van der Waals surface area contributed by atoms with Gasteiger partial charge >= 0.3 is 6.09 Å².